The van der Waals surface area contributed by atoms with Crippen LogP contribution in [0.5, 0.6) is 0 Å². The van der Waals surface area contributed by atoms with Gasteiger partial charge in [0.05, 0.1) is 5.69 Å². The Kier molecular flexibility index (Phi) is 5.40. The van der Waals surface area contributed by atoms with Crippen molar-refractivity contribution < 1.29 is 18.5 Å². The highest BCUT2D eigenvalue weighted by atomic mass is 16.5. The Bertz CT molecular complexity index is 1090. The van der Waals surface area contributed by atoms with Crippen LogP contribution in [0.15, 0.2) is 31.9 Å². The summed E-state index contributed by atoms with van der Waals surface area (Å²) in [6.45, 7) is 11.7. The summed E-state index contributed by atoms with van der Waals surface area (Å²) in [7, 11) is 0. The highest BCUT2D eigenvalue weighted by molar-refractivity contribution is 5.92. The standard InChI is InChI=1S/C22H25NO5/c1-11(2)16-9-17-15(8-19(24)27-18(17)7-13(16)5)10-26-22(25)20-14(6)23-28-21(20)12(3)4/h7-9,11-12H,10H2,1-6H3. The van der Waals surface area contributed by atoms with Crippen molar-refractivity contribution in [3.05, 3.63) is 62.3 Å². The molecule has 2 heterocycles. The molecule has 0 radical (unpaired) electrons. The smallest absolute Gasteiger partial charge is 0.344 e. The van der Waals surface area contributed by atoms with E-state index in [2.05, 4.69) is 19.0 Å². The Labute approximate surface area is 163 Å². The van der Waals surface area contributed by atoms with Crippen molar-refractivity contribution in [1.29, 1.82) is 0 Å². The zero-order valence-corrected chi connectivity index (χ0v) is 17.1. The molecule has 0 saturated carbocycles. The zero-order valence-electron chi connectivity index (χ0n) is 17.1. The van der Waals surface area contributed by atoms with E-state index in [1.807, 2.05) is 32.9 Å². The quantitative estimate of drug-likeness (QED) is 0.455. The molecule has 0 aliphatic heterocycles. The third-order valence-electron chi connectivity index (χ3n) is 4.82. The summed E-state index contributed by atoms with van der Waals surface area (Å²) >= 11 is 0. The van der Waals surface area contributed by atoms with E-state index in [4.69, 9.17) is 13.7 Å². The highest BCUT2D eigenvalue weighted by Gasteiger charge is 2.24. The Balaban J connectivity index is 1.96. The predicted molar refractivity (Wildman–Crippen MR) is 106 cm³/mol. The fourth-order valence-electron chi connectivity index (χ4n) is 3.38. The van der Waals surface area contributed by atoms with E-state index in [9.17, 15) is 9.59 Å². The van der Waals surface area contributed by atoms with Crippen molar-refractivity contribution in [1.82, 2.24) is 5.16 Å². The van der Waals surface area contributed by atoms with Crippen molar-refractivity contribution in [2.75, 3.05) is 0 Å². The Morgan fingerprint density at radius 1 is 1.11 bits per heavy atom. The maximum absolute atomic E-state index is 12.7. The summed E-state index contributed by atoms with van der Waals surface area (Å²) in [5.74, 6) is 0.308. The van der Waals surface area contributed by atoms with Crippen molar-refractivity contribution >= 4 is 16.9 Å². The molecule has 0 N–H and O–H groups in total. The van der Waals surface area contributed by atoms with E-state index in [1.54, 1.807) is 6.92 Å². The number of aryl methyl sites for hydroxylation is 2. The van der Waals surface area contributed by atoms with Gasteiger partial charge >= 0.3 is 11.6 Å². The number of hydrogen-bond donors (Lipinski definition) is 0. The Hall–Kier alpha value is -2.89. The number of hydrogen-bond acceptors (Lipinski definition) is 6. The van der Waals surface area contributed by atoms with Gasteiger partial charge in [0.1, 0.15) is 17.8 Å². The van der Waals surface area contributed by atoms with Crippen LogP contribution in [-0.2, 0) is 11.3 Å². The van der Waals surface area contributed by atoms with Gasteiger partial charge in [-0.2, -0.15) is 0 Å². The Morgan fingerprint density at radius 3 is 2.46 bits per heavy atom. The minimum absolute atomic E-state index is 0.00456. The van der Waals surface area contributed by atoms with E-state index < -0.39 is 11.6 Å². The van der Waals surface area contributed by atoms with Crippen LogP contribution in [0, 0.1) is 13.8 Å². The number of nitrogens with zero attached hydrogens (tertiary/aromatic N) is 1. The molecule has 0 aliphatic carbocycles. The molecule has 3 aromatic rings. The number of carbonyl (C=O) groups is 1. The molecule has 1 aromatic carbocycles. The second-order valence-corrected chi connectivity index (χ2v) is 7.69. The van der Waals surface area contributed by atoms with Gasteiger partial charge in [0, 0.05) is 22.9 Å². The summed E-state index contributed by atoms with van der Waals surface area (Å²) in [5, 5.41) is 4.65. The summed E-state index contributed by atoms with van der Waals surface area (Å²) < 4.78 is 16.1. The van der Waals surface area contributed by atoms with Gasteiger partial charge in [0.15, 0.2) is 5.76 Å². The van der Waals surface area contributed by atoms with E-state index >= 15 is 0 Å². The average molecular weight is 383 g/mol. The van der Waals surface area contributed by atoms with Gasteiger partial charge in [-0.3, -0.25) is 0 Å². The molecule has 0 atom stereocenters. The number of aromatic nitrogens is 1. The molecular formula is C22H25NO5. The topological polar surface area (TPSA) is 82.5 Å². The maximum atomic E-state index is 12.7. The van der Waals surface area contributed by atoms with Crippen LogP contribution in [0.3, 0.4) is 0 Å². The molecule has 2 aromatic heterocycles. The van der Waals surface area contributed by atoms with Crippen molar-refractivity contribution in [2.45, 2.75) is 60.0 Å². The monoisotopic (exact) mass is 383 g/mol. The van der Waals surface area contributed by atoms with Crippen LogP contribution in [0.25, 0.3) is 11.0 Å². The van der Waals surface area contributed by atoms with Crippen LogP contribution < -0.4 is 5.63 Å². The van der Waals surface area contributed by atoms with Crippen LogP contribution >= 0.6 is 0 Å². The lowest BCUT2D eigenvalue weighted by atomic mass is 9.95. The molecule has 148 valence electrons. The molecule has 0 aliphatic rings. The predicted octanol–water partition coefficient (Wildman–Crippen LogP) is 5.00. The van der Waals surface area contributed by atoms with Gasteiger partial charge in [-0.25, -0.2) is 9.59 Å². The molecule has 0 spiro atoms. The number of fused-ring (bicyclic) bond motifs is 1. The number of rotatable bonds is 5. The lowest BCUT2D eigenvalue weighted by molar-refractivity contribution is 0.0470. The van der Waals surface area contributed by atoms with Gasteiger partial charge in [-0.15, -0.1) is 0 Å². The lowest BCUT2D eigenvalue weighted by Gasteiger charge is -2.13. The molecular weight excluding hydrogens is 358 g/mol. The first kappa shape index (κ1) is 19.9. The summed E-state index contributed by atoms with van der Waals surface area (Å²) in [4.78, 5) is 24.6. The minimum atomic E-state index is -0.514. The normalized spacial score (nSPS) is 11.6. The summed E-state index contributed by atoms with van der Waals surface area (Å²) in [6.07, 6.45) is 0. The summed E-state index contributed by atoms with van der Waals surface area (Å²) in [5.41, 5.74) is 3.68. The third kappa shape index (κ3) is 3.72. The van der Waals surface area contributed by atoms with Crippen LogP contribution in [0.1, 0.15) is 78.0 Å². The molecule has 28 heavy (non-hydrogen) atoms. The summed E-state index contributed by atoms with van der Waals surface area (Å²) in [6, 6.07) is 5.24. The number of carbonyl (C=O) groups excluding carboxylic acids is 1. The molecule has 6 nitrogen and oxygen atoms in total. The minimum Gasteiger partial charge on any atom is -0.457 e. The molecule has 6 heteroatoms. The molecule has 0 saturated heterocycles. The van der Waals surface area contributed by atoms with Crippen LogP contribution in [0.4, 0.5) is 0 Å². The second-order valence-electron chi connectivity index (χ2n) is 7.69. The SMILES string of the molecule is Cc1cc2oc(=O)cc(COC(=O)c3c(C)noc3C(C)C)c2cc1C(C)C. The van der Waals surface area contributed by atoms with Gasteiger partial charge < -0.3 is 13.7 Å². The number of ether oxygens (including phenoxy) is 1. The maximum Gasteiger partial charge on any atom is 0.344 e. The lowest BCUT2D eigenvalue weighted by Crippen LogP contribution is -2.11. The second kappa shape index (κ2) is 7.62. The van der Waals surface area contributed by atoms with Crippen LogP contribution in [-0.4, -0.2) is 11.1 Å². The molecule has 0 bridgehead atoms. The molecule has 0 fully saturated rings. The van der Waals surface area contributed by atoms with E-state index in [0.717, 1.165) is 16.5 Å². The fourth-order valence-corrected chi connectivity index (χ4v) is 3.38. The van der Waals surface area contributed by atoms with Crippen molar-refractivity contribution in [2.24, 2.45) is 0 Å². The largest absolute Gasteiger partial charge is 0.457 e. The molecule has 0 amide bonds. The van der Waals surface area contributed by atoms with Crippen molar-refractivity contribution in [3.8, 4) is 0 Å². The molecule has 0 unspecified atom stereocenters. The first-order chi connectivity index (χ1) is 13.2. The van der Waals surface area contributed by atoms with Gasteiger partial charge in [-0.05, 0) is 43.0 Å². The van der Waals surface area contributed by atoms with Gasteiger partial charge in [0.25, 0.3) is 0 Å². The zero-order chi connectivity index (χ0) is 20.6. The first-order valence-electron chi connectivity index (χ1n) is 9.39. The van der Waals surface area contributed by atoms with Gasteiger partial charge in [0.2, 0.25) is 0 Å². The van der Waals surface area contributed by atoms with E-state index in [-0.39, 0.29) is 12.5 Å². The third-order valence-corrected chi connectivity index (χ3v) is 4.82. The van der Waals surface area contributed by atoms with E-state index in [0.29, 0.717) is 34.1 Å². The Morgan fingerprint density at radius 2 is 1.82 bits per heavy atom. The first-order valence-corrected chi connectivity index (χ1v) is 9.39. The number of esters is 1. The van der Waals surface area contributed by atoms with Gasteiger partial charge in [-0.1, -0.05) is 32.9 Å². The van der Waals surface area contributed by atoms with Crippen molar-refractivity contribution in [3.63, 3.8) is 0 Å². The van der Waals surface area contributed by atoms with E-state index in [1.165, 1.54) is 6.07 Å². The average Bonchev–Trinajstić information content (AvgIpc) is 3.00. The molecule has 3 rings (SSSR count). The fraction of sp³-hybridized carbons (Fsp3) is 0.409. The highest BCUT2D eigenvalue weighted by Crippen LogP contribution is 2.28. The van der Waals surface area contributed by atoms with Crippen LogP contribution in [0.2, 0.25) is 0 Å². The number of benzene rings is 1.